The molecule has 0 atom stereocenters. The summed E-state index contributed by atoms with van der Waals surface area (Å²) in [5.41, 5.74) is 6.72. The Balaban J connectivity index is 1.97. The Hall–Kier alpha value is -2.41. The number of oxazole rings is 1. The predicted octanol–water partition coefficient (Wildman–Crippen LogP) is 1.87. The van der Waals surface area contributed by atoms with Gasteiger partial charge in [-0.3, -0.25) is 4.79 Å². The molecule has 3 rings (SSSR count). The highest BCUT2D eigenvalue weighted by Crippen LogP contribution is 2.28. The molecule has 0 bridgehead atoms. The Labute approximate surface area is 146 Å². The Morgan fingerprint density at radius 3 is 2.68 bits per heavy atom. The zero-order valence-corrected chi connectivity index (χ0v) is 14.9. The van der Waals surface area contributed by atoms with E-state index in [0.717, 1.165) is 37.4 Å². The highest BCUT2D eigenvalue weighted by molar-refractivity contribution is 5.70. The second-order valence-corrected chi connectivity index (χ2v) is 7.40. The van der Waals surface area contributed by atoms with Crippen LogP contribution in [0.15, 0.2) is 27.7 Å². The number of nitrogens with two attached hydrogens (primary N) is 1. The van der Waals surface area contributed by atoms with Crippen LogP contribution in [-0.2, 0) is 5.41 Å². The van der Waals surface area contributed by atoms with Crippen molar-refractivity contribution in [2.45, 2.75) is 44.9 Å². The van der Waals surface area contributed by atoms with Crippen molar-refractivity contribution in [3.05, 3.63) is 52.0 Å². The van der Waals surface area contributed by atoms with Crippen molar-refractivity contribution < 1.29 is 4.42 Å². The third kappa shape index (κ3) is 3.82. The van der Waals surface area contributed by atoms with Crippen LogP contribution in [0.2, 0.25) is 0 Å². The van der Waals surface area contributed by atoms with E-state index in [9.17, 15) is 4.79 Å². The van der Waals surface area contributed by atoms with Crippen LogP contribution in [0.4, 0.5) is 0 Å². The molecule has 1 aliphatic heterocycles. The number of nitrogens with one attached hydrogen (secondary N) is 2. The van der Waals surface area contributed by atoms with Crippen molar-refractivity contribution in [1.29, 1.82) is 0 Å². The normalized spacial score (nSPS) is 17.0. The van der Waals surface area contributed by atoms with Crippen molar-refractivity contribution in [2.24, 2.45) is 5.73 Å². The highest BCUT2D eigenvalue weighted by Gasteiger charge is 2.23. The van der Waals surface area contributed by atoms with Gasteiger partial charge < -0.3 is 20.5 Å². The smallest absolute Gasteiger partial charge is 0.251 e. The molecule has 2 aromatic rings. The lowest BCUT2D eigenvalue weighted by atomic mass is 9.94. The molecule has 1 aliphatic rings. The molecule has 0 aliphatic carbocycles. The average Bonchev–Trinajstić information content (AvgIpc) is 3.06. The molecule has 1 saturated heterocycles. The van der Waals surface area contributed by atoms with Gasteiger partial charge in [-0.25, -0.2) is 9.97 Å². The van der Waals surface area contributed by atoms with Gasteiger partial charge in [0.1, 0.15) is 11.6 Å². The molecular weight excluding hydrogens is 318 g/mol. The summed E-state index contributed by atoms with van der Waals surface area (Å²) >= 11 is 0. The van der Waals surface area contributed by atoms with Crippen molar-refractivity contribution in [3.63, 3.8) is 0 Å². The lowest BCUT2D eigenvalue weighted by molar-refractivity contribution is 0.401. The zero-order valence-electron chi connectivity index (χ0n) is 14.9. The van der Waals surface area contributed by atoms with Crippen LogP contribution in [-0.4, -0.2) is 28.0 Å². The molecule has 0 saturated carbocycles. The van der Waals surface area contributed by atoms with Gasteiger partial charge in [0.25, 0.3) is 5.56 Å². The summed E-state index contributed by atoms with van der Waals surface area (Å²) in [6, 6.07) is 1.57. The summed E-state index contributed by atoms with van der Waals surface area (Å²) in [5.74, 6) is 1.78. The SMILES string of the molecule is CC(C)(C)c1cnc(C(=CN)c2nc(C3CCNCC3)cc(=O)[nH]2)o1. The number of aromatic nitrogens is 3. The molecular formula is C18H25N5O2. The average molecular weight is 343 g/mol. The Bertz CT molecular complexity index is 822. The van der Waals surface area contributed by atoms with E-state index >= 15 is 0 Å². The summed E-state index contributed by atoms with van der Waals surface area (Å²) in [6.07, 6.45) is 4.99. The number of aromatic amines is 1. The Morgan fingerprint density at radius 2 is 2.08 bits per heavy atom. The third-order valence-electron chi connectivity index (χ3n) is 4.42. The van der Waals surface area contributed by atoms with Gasteiger partial charge in [-0.2, -0.15) is 0 Å². The quantitative estimate of drug-likeness (QED) is 0.785. The first-order chi connectivity index (χ1) is 11.9. The van der Waals surface area contributed by atoms with Crippen molar-refractivity contribution >= 4 is 5.57 Å². The molecule has 3 heterocycles. The monoisotopic (exact) mass is 343 g/mol. The van der Waals surface area contributed by atoms with E-state index in [4.69, 9.17) is 10.2 Å². The molecule has 25 heavy (non-hydrogen) atoms. The van der Waals surface area contributed by atoms with Gasteiger partial charge in [0.05, 0.1) is 17.5 Å². The largest absolute Gasteiger partial charge is 0.440 e. The molecule has 0 aromatic carbocycles. The minimum absolute atomic E-state index is 0.164. The molecule has 134 valence electrons. The first kappa shape index (κ1) is 17.4. The predicted molar refractivity (Wildman–Crippen MR) is 96.2 cm³/mol. The Kier molecular flexibility index (Phi) is 4.76. The second kappa shape index (κ2) is 6.84. The van der Waals surface area contributed by atoms with Gasteiger partial charge in [0.15, 0.2) is 0 Å². The van der Waals surface area contributed by atoms with Gasteiger partial charge in [-0.15, -0.1) is 0 Å². The van der Waals surface area contributed by atoms with Crippen LogP contribution in [0.5, 0.6) is 0 Å². The van der Waals surface area contributed by atoms with E-state index in [1.165, 1.54) is 6.20 Å². The number of nitrogens with zero attached hydrogens (tertiary/aromatic N) is 2. The van der Waals surface area contributed by atoms with E-state index in [-0.39, 0.29) is 16.9 Å². The van der Waals surface area contributed by atoms with E-state index < -0.39 is 0 Å². The fourth-order valence-corrected chi connectivity index (χ4v) is 2.93. The maximum atomic E-state index is 12.1. The number of H-pyrrole nitrogens is 1. The van der Waals surface area contributed by atoms with Crippen LogP contribution in [0.25, 0.3) is 5.57 Å². The fourth-order valence-electron chi connectivity index (χ4n) is 2.93. The lowest BCUT2D eigenvalue weighted by Gasteiger charge is -2.22. The van der Waals surface area contributed by atoms with Crippen LogP contribution in [0.1, 0.15) is 62.7 Å². The molecule has 1 fully saturated rings. The minimum atomic E-state index is -0.194. The van der Waals surface area contributed by atoms with Gasteiger partial charge in [-0.05, 0) is 25.9 Å². The van der Waals surface area contributed by atoms with Crippen LogP contribution in [0.3, 0.4) is 0 Å². The second-order valence-electron chi connectivity index (χ2n) is 7.40. The molecule has 7 heteroatoms. The van der Waals surface area contributed by atoms with E-state index in [2.05, 4.69) is 20.3 Å². The molecule has 4 N–H and O–H groups in total. The topological polar surface area (TPSA) is 110 Å². The maximum Gasteiger partial charge on any atom is 0.251 e. The highest BCUT2D eigenvalue weighted by atomic mass is 16.4. The maximum absolute atomic E-state index is 12.1. The van der Waals surface area contributed by atoms with Gasteiger partial charge >= 0.3 is 0 Å². The first-order valence-electron chi connectivity index (χ1n) is 8.59. The molecule has 0 unspecified atom stereocenters. The summed E-state index contributed by atoms with van der Waals surface area (Å²) in [4.78, 5) is 23.9. The molecule has 7 nitrogen and oxygen atoms in total. The van der Waals surface area contributed by atoms with Gasteiger partial charge in [0, 0.05) is 23.6 Å². The number of hydrogen-bond donors (Lipinski definition) is 3. The van der Waals surface area contributed by atoms with E-state index in [0.29, 0.717) is 17.3 Å². The van der Waals surface area contributed by atoms with E-state index in [1.54, 1.807) is 12.3 Å². The summed E-state index contributed by atoms with van der Waals surface area (Å²) in [6.45, 7) is 7.99. The zero-order chi connectivity index (χ0) is 18.0. The lowest BCUT2D eigenvalue weighted by Crippen LogP contribution is -2.28. The molecule has 2 aromatic heterocycles. The van der Waals surface area contributed by atoms with E-state index in [1.807, 2.05) is 20.8 Å². The fraction of sp³-hybridized carbons (Fsp3) is 0.500. The number of hydrogen-bond acceptors (Lipinski definition) is 6. The summed E-state index contributed by atoms with van der Waals surface area (Å²) < 4.78 is 5.85. The Morgan fingerprint density at radius 1 is 1.36 bits per heavy atom. The van der Waals surface area contributed by atoms with Crippen molar-refractivity contribution in [2.75, 3.05) is 13.1 Å². The summed E-state index contributed by atoms with van der Waals surface area (Å²) in [5, 5.41) is 3.32. The van der Waals surface area contributed by atoms with Crippen molar-refractivity contribution in [1.82, 2.24) is 20.3 Å². The standard InChI is InChI=1S/C18H25N5O2/c1-18(2,3)14-10-21-17(25-14)12(9-19)16-22-13(8-15(24)23-16)11-4-6-20-7-5-11/h8-11,20H,4-7,19H2,1-3H3,(H,22,23,24). The molecule has 0 spiro atoms. The van der Waals surface area contributed by atoms with Crippen LogP contribution in [0, 0.1) is 0 Å². The number of rotatable bonds is 3. The molecule has 0 radical (unpaired) electrons. The minimum Gasteiger partial charge on any atom is -0.440 e. The van der Waals surface area contributed by atoms with Gasteiger partial charge in [0.2, 0.25) is 5.89 Å². The van der Waals surface area contributed by atoms with Crippen molar-refractivity contribution in [3.8, 4) is 0 Å². The summed E-state index contributed by atoms with van der Waals surface area (Å²) in [7, 11) is 0. The third-order valence-corrected chi connectivity index (χ3v) is 4.42. The van der Waals surface area contributed by atoms with Crippen LogP contribution < -0.4 is 16.6 Å². The molecule has 0 amide bonds. The first-order valence-corrected chi connectivity index (χ1v) is 8.59. The van der Waals surface area contributed by atoms with Crippen LogP contribution >= 0.6 is 0 Å². The van der Waals surface area contributed by atoms with Gasteiger partial charge in [-0.1, -0.05) is 20.8 Å². The number of piperidine rings is 1.